The van der Waals surface area contributed by atoms with Gasteiger partial charge in [-0.25, -0.2) is 9.18 Å². The molecule has 1 N–H and O–H groups in total. The highest BCUT2D eigenvalue weighted by Gasteiger charge is 2.27. The molecule has 3 rings (SSSR count). The first kappa shape index (κ1) is 12.7. The van der Waals surface area contributed by atoms with Crippen LogP contribution < -0.4 is 4.90 Å². The van der Waals surface area contributed by atoms with Crippen molar-refractivity contribution in [1.82, 2.24) is 9.78 Å². The number of carboxylic acids is 1. The first-order chi connectivity index (χ1) is 9.56. The Morgan fingerprint density at radius 3 is 2.70 bits per heavy atom. The van der Waals surface area contributed by atoms with E-state index >= 15 is 0 Å². The summed E-state index contributed by atoms with van der Waals surface area (Å²) < 4.78 is 14.6. The fourth-order valence-corrected chi connectivity index (χ4v) is 2.64. The molecule has 0 atom stereocenters. The second kappa shape index (κ2) is 4.63. The van der Waals surface area contributed by atoms with Crippen molar-refractivity contribution in [3.05, 3.63) is 47.0 Å². The van der Waals surface area contributed by atoms with Crippen molar-refractivity contribution in [1.29, 1.82) is 0 Å². The second-order valence-corrected chi connectivity index (χ2v) is 4.85. The van der Waals surface area contributed by atoms with Crippen LogP contribution in [0.1, 0.15) is 21.7 Å². The highest BCUT2D eigenvalue weighted by molar-refractivity contribution is 5.87. The van der Waals surface area contributed by atoms with Crippen LogP contribution in [0.3, 0.4) is 0 Å². The summed E-state index contributed by atoms with van der Waals surface area (Å²) in [4.78, 5) is 13.3. The Kier molecular flexibility index (Phi) is 2.93. The minimum atomic E-state index is -1.01. The predicted molar refractivity (Wildman–Crippen MR) is 71.3 cm³/mol. The summed E-state index contributed by atoms with van der Waals surface area (Å²) in [7, 11) is 1.76. The lowest BCUT2D eigenvalue weighted by molar-refractivity contribution is 0.0688. The molecule has 0 saturated carbocycles. The molecule has 1 aromatic carbocycles. The highest BCUT2D eigenvalue weighted by Crippen LogP contribution is 2.26. The average molecular weight is 275 g/mol. The van der Waals surface area contributed by atoms with Crippen molar-refractivity contribution in [2.75, 3.05) is 11.4 Å². The van der Waals surface area contributed by atoms with E-state index in [9.17, 15) is 14.3 Å². The number of aromatic nitrogens is 2. The smallest absolute Gasteiger partial charge is 0.356 e. The number of rotatable bonds is 2. The van der Waals surface area contributed by atoms with Crippen LogP contribution in [-0.4, -0.2) is 27.4 Å². The number of hydrogen-bond acceptors (Lipinski definition) is 3. The molecule has 104 valence electrons. The van der Waals surface area contributed by atoms with Crippen LogP contribution in [0.4, 0.5) is 10.1 Å². The van der Waals surface area contributed by atoms with Crippen molar-refractivity contribution in [3.63, 3.8) is 0 Å². The number of nitrogens with zero attached hydrogens (tertiary/aromatic N) is 3. The van der Waals surface area contributed by atoms with Gasteiger partial charge in [-0.05, 0) is 24.3 Å². The van der Waals surface area contributed by atoms with Gasteiger partial charge in [-0.15, -0.1) is 0 Å². The Balaban J connectivity index is 1.95. The van der Waals surface area contributed by atoms with E-state index in [-0.39, 0.29) is 11.5 Å². The topological polar surface area (TPSA) is 58.4 Å². The molecule has 1 aliphatic heterocycles. The van der Waals surface area contributed by atoms with Gasteiger partial charge < -0.3 is 10.0 Å². The monoisotopic (exact) mass is 275 g/mol. The van der Waals surface area contributed by atoms with Crippen LogP contribution in [0.2, 0.25) is 0 Å². The third-order valence-corrected chi connectivity index (χ3v) is 3.64. The Morgan fingerprint density at radius 1 is 1.35 bits per heavy atom. The molecule has 0 fully saturated rings. The largest absolute Gasteiger partial charge is 0.476 e. The highest BCUT2D eigenvalue weighted by atomic mass is 19.1. The van der Waals surface area contributed by atoms with E-state index < -0.39 is 5.97 Å². The summed E-state index contributed by atoms with van der Waals surface area (Å²) in [6, 6.07) is 6.23. The number of anilines is 1. The molecule has 0 radical (unpaired) electrons. The van der Waals surface area contributed by atoms with Crippen LogP contribution >= 0.6 is 0 Å². The minimum absolute atomic E-state index is 0.106. The molecule has 5 nitrogen and oxygen atoms in total. The van der Waals surface area contributed by atoms with Crippen molar-refractivity contribution >= 4 is 11.7 Å². The van der Waals surface area contributed by atoms with Crippen molar-refractivity contribution in [2.45, 2.75) is 13.0 Å². The number of carbonyl (C=O) groups is 1. The maximum Gasteiger partial charge on any atom is 0.356 e. The van der Waals surface area contributed by atoms with Gasteiger partial charge in [0.25, 0.3) is 0 Å². The Hall–Kier alpha value is -2.37. The normalized spacial score (nSPS) is 14.2. The maximum atomic E-state index is 13.0. The fourth-order valence-electron chi connectivity index (χ4n) is 2.64. The van der Waals surface area contributed by atoms with Crippen molar-refractivity contribution in [2.24, 2.45) is 7.05 Å². The molecule has 0 spiro atoms. The van der Waals surface area contributed by atoms with E-state index in [0.717, 1.165) is 29.9 Å². The van der Waals surface area contributed by atoms with E-state index in [1.807, 2.05) is 4.90 Å². The number of fused-ring (bicyclic) bond motifs is 1. The molecule has 2 heterocycles. The number of halogens is 1. The number of aromatic carboxylic acids is 1. The van der Waals surface area contributed by atoms with Gasteiger partial charge in [0.2, 0.25) is 0 Å². The zero-order chi connectivity index (χ0) is 14.3. The van der Waals surface area contributed by atoms with Crippen LogP contribution in [0.5, 0.6) is 0 Å². The van der Waals surface area contributed by atoms with E-state index in [1.54, 1.807) is 23.9 Å². The molecule has 1 aromatic heterocycles. The van der Waals surface area contributed by atoms with Gasteiger partial charge in [0, 0.05) is 43.5 Å². The first-order valence-electron chi connectivity index (χ1n) is 6.35. The molecule has 0 unspecified atom stereocenters. The third-order valence-electron chi connectivity index (χ3n) is 3.64. The van der Waals surface area contributed by atoms with Crippen LogP contribution in [0.25, 0.3) is 0 Å². The van der Waals surface area contributed by atoms with Gasteiger partial charge in [0.15, 0.2) is 5.69 Å². The Morgan fingerprint density at radius 2 is 2.05 bits per heavy atom. The van der Waals surface area contributed by atoms with Crippen molar-refractivity contribution in [3.8, 4) is 0 Å². The van der Waals surface area contributed by atoms with Gasteiger partial charge in [0.1, 0.15) is 5.82 Å². The van der Waals surface area contributed by atoms with E-state index in [0.29, 0.717) is 6.54 Å². The first-order valence-corrected chi connectivity index (χ1v) is 6.35. The van der Waals surface area contributed by atoms with Gasteiger partial charge >= 0.3 is 5.97 Å². The fraction of sp³-hybridized carbons (Fsp3) is 0.286. The molecule has 0 amide bonds. The molecule has 20 heavy (non-hydrogen) atoms. The van der Waals surface area contributed by atoms with E-state index in [4.69, 9.17) is 0 Å². The average Bonchev–Trinajstić information content (AvgIpc) is 2.77. The number of aryl methyl sites for hydroxylation is 1. The molecule has 0 bridgehead atoms. The molecule has 6 heteroatoms. The lowest BCUT2D eigenvalue weighted by atomic mass is 10.0. The standard InChI is InChI=1S/C14H14FN3O2/c1-17-12-6-7-18(10-4-2-9(15)3-5-10)8-11(12)13(16-17)14(19)20/h2-5H,6-8H2,1H3,(H,19,20). The van der Waals surface area contributed by atoms with E-state index in [1.165, 1.54) is 12.1 Å². The quantitative estimate of drug-likeness (QED) is 0.908. The van der Waals surface area contributed by atoms with Crippen LogP contribution in [0, 0.1) is 5.82 Å². The third kappa shape index (κ3) is 2.03. The lowest BCUT2D eigenvalue weighted by Crippen LogP contribution is -2.31. The Labute approximate surface area is 115 Å². The van der Waals surface area contributed by atoms with Gasteiger partial charge in [0.05, 0.1) is 0 Å². The maximum absolute atomic E-state index is 13.0. The lowest BCUT2D eigenvalue weighted by Gasteiger charge is -2.29. The molecule has 2 aromatic rings. The molecule has 0 aliphatic carbocycles. The zero-order valence-corrected chi connectivity index (χ0v) is 11.0. The SMILES string of the molecule is Cn1nc(C(=O)O)c2c1CCN(c1ccc(F)cc1)C2. The van der Waals surface area contributed by atoms with Gasteiger partial charge in [-0.2, -0.15) is 5.10 Å². The summed E-state index contributed by atoms with van der Waals surface area (Å²) >= 11 is 0. The summed E-state index contributed by atoms with van der Waals surface area (Å²) in [6.45, 7) is 1.24. The summed E-state index contributed by atoms with van der Waals surface area (Å²) in [5.74, 6) is -1.29. The van der Waals surface area contributed by atoms with Crippen LogP contribution in [0.15, 0.2) is 24.3 Å². The second-order valence-electron chi connectivity index (χ2n) is 4.85. The number of carboxylic acid groups (broad SMARTS) is 1. The number of hydrogen-bond donors (Lipinski definition) is 1. The van der Waals surface area contributed by atoms with Crippen LogP contribution in [-0.2, 0) is 20.0 Å². The summed E-state index contributed by atoms with van der Waals surface area (Å²) in [5, 5.41) is 13.3. The zero-order valence-electron chi connectivity index (χ0n) is 11.0. The molecular formula is C14H14FN3O2. The number of benzene rings is 1. The van der Waals surface area contributed by atoms with Gasteiger partial charge in [-0.1, -0.05) is 0 Å². The summed E-state index contributed by atoms with van der Waals surface area (Å²) in [6.07, 6.45) is 0.726. The molecule has 0 saturated heterocycles. The Bertz CT molecular complexity index is 664. The van der Waals surface area contributed by atoms with Crippen molar-refractivity contribution < 1.29 is 14.3 Å². The predicted octanol–water partition coefficient (Wildman–Crippen LogP) is 1.82. The van der Waals surface area contributed by atoms with Gasteiger partial charge in [-0.3, -0.25) is 4.68 Å². The van der Waals surface area contributed by atoms with E-state index in [2.05, 4.69) is 5.10 Å². The summed E-state index contributed by atoms with van der Waals surface area (Å²) in [5.41, 5.74) is 2.70. The molecule has 1 aliphatic rings. The minimum Gasteiger partial charge on any atom is -0.476 e. The molecular weight excluding hydrogens is 261 g/mol.